The van der Waals surface area contributed by atoms with Crippen molar-refractivity contribution in [3.63, 3.8) is 0 Å². The van der Waals surface area contributed by atoms with Gasteiger partial charge in [-0.1, -0.05) is 0 Å². The topological polar surface area (TPSA) is 29.5 Å². The van der Waals surface area contributed by atoms with Gasteiger partial charge in [0.05, 0.1) is 0 Å². The van der Waals surface area contributed by atoms with Gasteiger partial charge in [0.2, 0.25) is 0 Å². The molecule has 2 nitrogen and oxygen atoms in total. The fourth-order valence-corrected chi connectivity index (χ4v) is 19.1. The average molecular weight is 505 g/mol. The molecule has 0 rings (SSSR count). The monoisotopic (exact) mass is 506 g/mol. The minimum absolute atomic E-state index is 0.0943. The van der Waals surface area contributed by atoms with Gasteiger partial charge < -0.3 is 0 Å². The van der Waals surface area contributed by atoms with Crippen molar-refractivity contribution in [2.45, 2.75) is 124 Å². The molecule has 0 aromatic carbocycles. The molecule has 1 atom stereocenters. The summed E-state index contributed by atoms with van der Waals surface area (Å²) >= 11 is -2.27. The number of hydrogen-bond acceptors (Lipinski definition) is 2. The predicted octanol–water partition coefficient (Wildman–Crippen LogP) is 7.70. The van der Waals surface area contributed by atoms with Crippen LogP contribution in [0.3, 0.4) is 0 Å². The Hall–Kier alpha value is 0.676. The van der Waals surface area contributed by atoms with E-state index in [-0.39, 0.29) is 17.7 Å². The molecule has 0 unspecified atom stereocenters. The zero-order chi connectivity index (χ0) is 21.0. The van der Waals surface area contributed by atoms with E-state index in [0.29, 0.717) is 0 Å². The van der Waals surface area contributed by atoms with Gasteiger partial charge in [-0.2, -0.15) is 0 Å². The molecule has 162 valence electrons. The van der Waals surface area contributed by atoms with Crippen molar-refractivity contribution in [2.75, 3.05) is 6.61 Å². The second-order valence-corrected chi connectivity index (χ2v) is 27.7. The Bertz CT molecular complexity index is 380. The van der Waals surface area contributed by atoms with Crippen LogP contribution in [0.25, 0.3) is 0 Å². The maximum absolute atomic E-state index is 9.61. The van der Waals surface area contributed by atoms with Crippen molar-refractivity contribution < 1.29 is 9.53 Å². The zero-order valence-corrected chi connectivity index (χ0v) is 23.7. The fourth-order valence-electron chi connectivity index (χ4n) is 3.40. The van der Waals surface area contributed by atoms with Crippen LogP contribution in [-0.2, 0) is 4.43 Å². The van der Waals surface area contributed by atoms with Crippen molar-refractivity contribution in [3.8, 4) is 0 Å². The number of aliphatic hydroxyl groups is 1. The van der Waals surface area contributed by atoms with Gasteiger partial charge in [0, 0.05) is 0 Å². The van der Waals surface area contributed by atoms with Crippen LogP contribution in [0.15, 0.2) is 10.2 Å². The van der Waals surface area contributed by atoms with E-state index in [1.165, 1.54) is 51.8 Å². The van der Waals surface area contributed by atoms with Crippen LogP contribution in [0.2, 0.25) is 31.4 Å². The van der Waals surface area contributed by atoms with Crippen LogP contribution in [0.5, 0.6) is 0 Å². The van der Waals surface area contributed by atoms with Crippen molar-refractivity contribution >= 4 is 26.7 Å². The van der Waals surface area contributed by atoms with Gasteiger partial charge in [-0.05, 0) is 0 Å². The summed E-state index contributed by atoms with van der Waals surface area (Å²) in [5.74, 6) is 0. The van der Waals surface area contributed by atoms with E-state index in [9.17, 15) is 5.11 Å². The van der Waals surface area contributed by atoms with E-state index in [1.807, 2.05) is 0 Å². The van der Waals surface area contributed by atoms with E-state index in [1.54, 1.807) is 0 Å². The van der Waals surface area contributed by atoms with E-state index < -0.39 is 26.7 Å². The van der Waals surface area contributed by atoms with Gasteiger partial charge in [0.25, 0.3) is 0 Å². The summed E-state index contributed by atoms with van der Waals surface area (Å²) in [5.41, 5.74) is 0. The molecule has 0 radical (unpaired) electrons. The maximum atomic E-state index is 9.61. The van der Waals surface area contributed by atoms with Crippen LogP contribution in [0.4, 0.5) is 0 Å². The first kappa shape index (κ1) is 27.7. The molecule has 0 heterocycles. The Morgan fingerprint density at radius 2 is 1.37 bits per heavy atom. The second kappa shape index (κ2) is 13.8. The normalized spacial score (nSPS) is 14.9. The Morgan fingerprint density at radius 3 is 1.70 bits per heavy atom. The van der Waals surface area contributed by atoms with Gasteiger partial charge in [0.1, 0.15) is 0 Å². The molecule has 0 aliphatic carbocycles. The van der Waals surface area contributed by atoms with Crippen LogP contribution in [-0.4, -0.2) is 44.5 Å². The van der Waals surface area contributed by atoms with Crippen LogP contribution in [0.1, 0.15) is 86.5 Å². The van der Waals surface area contributed by atoms with Crippen molar-refractivity contribution in [2.24, 2.45) is 0 Å². The predicted molar refractivity (Wildman–Crippen MR) is 128 cm³/mol. The molecule has 27 heavy (non-hydrogen) atoms. The van der Waals surface area contributed by atoms with Gasteiger partial charge in [0.15, 0.2) is 0 Å². The van der Waals surface area contributed by atoms with E-state index >= 15 is 0 Å². The Kier molecular flexibility index (Phi) is 14.2. The van der Waals surface area contributed by atoms with Crippen molar-refractivity contribution in [1.82, 2.24) is 0 Å². The van der Waals surface area contributed by atoms with Gasteiger partial charge in [-0.25, -0.2) is 0 Å². The fraction of sp³-hybridized carbons (Fsp3) is 0.913. The molecule has 0 bridgehead atoms. The molecular formula is C23H50O2SiSn. The SMILES string of the molecule is CCC[CH2][Sn](/[CH]=C/[C@H](CCO)O[Si](C)(C)C(C)(C)C)([CH2]CCC)[CH2]CCC. The van der Waals surface area contributed by atoms with Crippen LogP contribution in [0, 0.1) is 0 Å². The minimum atomic E-state index is -2.27. The van der Waals surface area contributed by atoms with E-state index in [4.69, 9.17) is 4.43 Å². The van der Waals surface area contributed by atoms with Gasteiger partial charge in [-0.3, -0.25) is 0 Å². The number of aliphatic hydroxyl groups excluding tert-OH is 1. The zero-order valence-electron chi connectivity index (χ0n) is 19.9. The molecule has 1 N–H and O–H groups in total. The van der Waals surface area contributed by atoms with Gasteiger partial charge in [-0.15, -0.1) is 0 Å². The van der Waals surface area contributed by atoms with Crippen molar-refractivity contribution in [3.05, 3.63) is 10.2 Å². The Labute approximate surface area is 176 Å². The standard InChI is InChI=1S/C11H23O2Si.3C4H9.Sn/c1-7-10(8-9-12)13-14(5,6)11(2,3)4;3*1-3-4-2;/h1,7,10,12H,8-9H2,2-6H3;3*1,3-4H2,2H3;/t10-;;;;/m1..../s1. The Morgan fingerprint density at radius 1 is 0.926 bits per heavy atom. The van der Waals surface area contributed by atoms with Gasteiger partial charge >= 0.3 is 177 Å². The summed E-state index contributed by atoms with van der Waals surface area (Å²) in [4.78, 5) is 0. The molecule has 0 saturated carbocycles. The number of unbranched alkanes of at least 4 members (excludes halogenated alkanes) is 3. The molecule has 0 amide bonds. The quantitative estimate of drug-likeness (QED) is 0.231. The molecule has 0 aromatic rings. The molecule has 0 fully saturated rings. The third kappa shape index (κ3) is 10.9. The summed E-state index contributed by atoms with van der Waals surface area (Å²) in [5, 5.41) is 9.82. The molecule has 0 saturated heterocycles. The van der Waals surface area contributed by atoms with E-state index in [2.05, 4.69) is 64.8 Å². The number of hydrogen-bond donors (Lipinski definition) is 1. The summed E-state index contributed by atoms with van der Waals surface area (Å²) in [6.45, 7) is 18.7. The third-order valence-corrected chi connectivity index (χ3v) is 25.0. The summed E-state index contributed by atoms with van der Waals surface area (Å²) < 4.78 is 13.9. The third-order valence-electron chi connectivity index (χ3n) is 6.41. The average Bonchev–Trinajstić information content (AvgIpc) is 2.59. The number of rotatable bonds is 15. The second-order valence-electron chi connectivity index (χ2n) is 9.96. The first-order valence-corrected chi connectivity index (χ1v) is 22.2. The molecular weight excluding hydrogens is 455 g/mol. The first-order chi connectivity index (χ1) is 12.6. The van der Waals surface area contributed by atoms with Crippen molar-refractivity contribution in [1.29, 1.82) is 0 Å². The first-order valence-electron chi connectivity index (χ1n) is 11.6. The summed E-state index contributed by atoms with van der Waals surface area (Å²) in [6.07, 6.45) is 11.3. The van der Waals surface area contributed by atoms with E-state index in [0.717, 1.165) is 6.42 Å². The summed E-state index contributed by atoms with van der Waals surface area (Å²) in [7, 11) is -1.82. The molecule has 0 aliphatic rings. The van der Waals surface area contributed by atoms with Crippen LogP contribution < -0.4 is 0 Å². The molecule has 0 aliphatic heterocycles. The molecule has 4 heteroatoms. The molecule has 0 spiro atoms. The van der Waals surface area contributed by atoms with Crippen LogP contribution >= 0.6 is 0 Å². The Balaban J connectivity index is 5.50. The summed E-state index contributed by atoms with van der Waals surface area (Å²) in [6, 6.07) is 0. The molecule has 0 aromatic heterocycles.